The Hall–Kier alpha value is -1.97. The molecule has 0 bridgehead atoms. The first-order chi connectivity index (χ1) is 12.1. The fourth-order valence-electron chi connectivity index (χ4n) is 2.93. The van der Waals surface area contributed by atoms with Gasteiger partial charge in [-0.15, -0.1) is 19.1 Å². The molecule has 1 fully saturated rings. The molecule has 0 radical (unpaired) electrons. The number of amides is 2. The van der Waals surface area contributed by atoms with Crippen molar-refractivity contribution in [3.05, 3.63) is 35.9 Å². The fourth-order valence-corrected chi connectivity index (χ4v) is 3.05. The average Bonchev–Trinajstić information content (AvgIpc) is 2.61. The third-order valence-electron chi connectivity index (χ3n) is 4.33. The Morgan fingerprint density at radius 2 is 1.88 bits per heavy atom. The van der Waals surface area contributed by atoms with Gasteiger partial charge in [0.05, 0.1) is 6.54 Å². The summed E-state index contributed by atoms with van der Waals surface area (Å²) in [5.74, 6) is 2.64. The normalized spacial score (nSPS) is 16.1. The second-order valence-corrected chi connectivity index (χ2v) is 6.73. The van der Waals surface area contributed by atoms with Gasteiger partial charge in [0.15, 0.2) is 5.12 Å². The van der Waals surface area contributed by atoms with E-state index in [0.717, 1.165) is 18.7 Å². The first-order valence-corrected chi connectivity index (χ1v) is 9.00. The lowest BCUT2D eigenvalue weighted by Gasteiger charge is -2.34. The van der Waals surface area contributed by atoms with Gasteiger partial charge in [0.1, 0.15) is 0 Å². The predicted octanol–water partition coefficient (Wildman–Crippen LogP) is 1.79. The van der Waals surface area contributed by atoms with Gasteiger partial charge in [0, 0.05) is 38.6 Å². The molecule has 1 saturated heterocycles. The number of hydrogen-bond acceptors (Lipinski definition) is 3. The molecule has 6 heteroatoms. The zero-order valence-corrected chi connectivity index (χ0v) is 15.3. The monoisotopic (exact) mass is 359 g/mol. The third-order valence-corrected chi connectivity index (χ3v) is 4.56. The summed E-state index contributed by atoms with van der Waals surface area (Å²) in [7, 11) is 0. The van der Waals surface area contributed by atoms with E-state index in [-0.39, 0.29) is 17.2 Å². The molecule has 1 aromatic rings. The number of carbonyl (C=O) groups is 2. The zero-order valence-electron chi connectivity index (χ0n) is 14.4. The predicted molar refractivity (Wildman–Crippen MR) is 103 cm³/mol. The number of piperazine rings is 1. The van der Waals surface area contributed by atoms with Crippen molar-refractivity contribution in [3.63, 3.8) is 0 Å². The van der Waals surface area contributed by atoms with E-state index in [0.29, 0.717) is 38.9 Å². The van der Waals surface area contributed by atoms with Crippen LogP contribution in [0.3, 0.4) is 0 Å². The smallest absolute Gasteiger partial charge is 0.317 e. The Bertz CT molecular complexity index is 607. The van der Waals surface area contributed by atoms with Crippen LogP contribution in [-0.4, -0.2) is 59.7 Å². The van der Waals surface area contributed by atoms with Gasteiger partial charge >= 0.3 is 6.03 Å². The van der Waals surface area contributed by atoms with Crippen LogP contribution in [0.1, 0.15) is 18.4 Å². The molecule has 1 aliphatic heterocycles. The van der Waals surface area contributed by atoms with Gasteiger partial charge in [-0.1, -0.05) is 36.3 Å². The van der Waals surface area contributed by atoms with Gasteiger partial charge in [-0.3, -0.25) is 9.69 Å². The molecule has 0 saturated carbocycles. The molecule has 1 N–H and O–H groups in total. The largest absolute Gasteiger partial charge is 0.335 e. The maximum Gasteiger partial charge on any atom is 0.317 e. The van der Waals surface area contributed by atoms with Crippen LogP contribution in [0.2, 0.25) is 0 Å². The summed E-state index contributed by atoms with van der Waals surface area (Å²) in [5.41, 5.74) is 1.14. The molecule has 0 spiro atoms. The summed E-state index contributed by atoms with van der Waals surface area (Å²) in [6.45, 7) is 3.52. The summed E-state index contributed by atoms with van der Waals surface area (Å²) < 4.78 is 0. The molecule has 1 aliphatic rings. The van der Waals surface area contributed by atoms with Gasteiger partial charge in [0.25, 0.3) is 0 Å². The number of thiol groups is 1. The molecule has 2 amide bonds. The number of nitrogens with one attached hydrogen (secondary N) is 1. The third kappa shape index (κ3) is 6.81. The maximum absolute atomic E-state index is 12.6. The van der Waals surface area contributed by atoms with E-state index in [1.807, 2.05) is 35.2 Å². The highest BCUT2D eigenvalue weighted by Crippen LogP contribution is 2.10. The standard InChI is InChI=1S/C19H25N3O2S/c1-2-10-21-11-13-22(14-12-21)19(24)20-17(8-9-18(23)25)15-16-6-4-3-5-7-16/h1,3-7,17H,8-15H2,(H,20,24)(H,23,25). The van der Waals surface area contributed by atoms with Crippen LogP contribution in [0.5, 0.6) is 0 Å². The van der Waals surface area contributed by atoms with Crippen molar-refractivity contribution in [2.24, 2.45) is 0 Å². The fraction of sp³-hybridized carbons (Fsp3) is 0.474. The molecule has 134 valence electrons. The van der Waals surface area contributed by atoms with Gasteiger partial charge in [-0.2, -0.15) is 0 Å². The van der Waals surface area contributed by atoms with E-state index in [9.17, 15) is 9.59 Å². The van der Waals surface area contributed by atoms with Crippen LogP contribution in [0.4, 0.5) is 4.79 Å². The SMILES string of the molecule is C#CCN1CCN(C(=O)NC(CCC(=O)S)Cc2ccccc2)CC1. The molecule has 1 aromatic carbocycles. The van der Waals surface area contributed by atoms with E-state index in [1.54, 1.807) is 0 Å². The first kappa shape index (κ1) is 19.4. The Morgan fingerprint density at radius 1 is 1.20 bits per heavy atom. The molecule has 1 atom stereocenters. The van der Waals surface area contributed by atoms with Crippen molar-refractivity contribution < 1.29 is 9.59 Å². The molecule has 1 unspecified atom stereocenters. The molecule has 2 rings (SSSR count). The summed E-state index contributed by atoms with van der Waals surface area (Å²) in [5, 5.41) is 2.92. The highest BCUT2D eigenvalue weighted by atomic mass is 32.1. The second-order valence-electron chi connectivity index (χ2n) is 6.24. The van der Waals surface area contributed by atoms with Crippen LogP contribution in [0.25, 0.3) is 0 Å². The lowest BCUT2D eigenvalue weighted by molar-refractivity contribution is -0.111. The first-order valence-electron chi connectivity index (χ1n) is 8.55. The molecular formula is C19H25N3O2S. The van der Waals surface area contributed by atoms with E-state index in [2.05, 4.69) is 28.8 Å². The minimum absolute atomic E-state index is 0.0760. The number of carbonyl (C=O) groups excluding carboxylic acids is 2. The number of benzene rings is 1. The lowest BCUT2D eigenvalue weighted by Crippen LogP contribution is -2.53. The molecule has 0 aromatic heterocycles. The average molecular weight is 359 g/mol. The minimum Gasteiger partial charge on any atom is -0.335 e. The van der Waals surface area contributed by atoms with E-state index >= 15 is 0 Å². The summed E-state index contributed by atoms with van der Waals surface area (Å²) in [6.07, 6.45) is 6.96. The van der Waals surface area contributed by atoms with Crippen molar-refractivity contribution in [2.45, 2.75) is 25.3 Å². The van der Waals surface area contributed by atoms with E-state index in [4.69, 9.17) is 6.42 Å². The van der Waals surface area contributed by atoms with Crippen molar-refractivity contribution in [1.82, 2.24) is 15.1 Å². The highest BCUT2D eigenvalue weighted by molar-refractivity contribution is 7.96. The van der Waals surface area contributed by atoms with Gasteiger partial charge in [-0.05, 0) is 18.4 Å². The minimum atomic E-state index is -0.157. The van der Waals surface area contributed by atoms with Crippen molar-refractivity contribution in [3.8, 4) is 12.3 Å². The summed E-state index contributed by atoms with van der Waals surface area (Å²) in [6, 6.07) is 9.80. The number of terminal acetylenes is 1. The van der Waals surface area contributed by atoms with Crippen LogP contribution in [0, 0.1) is 12.3 Å². The Balaban J connectivity index is 1.90. The van der Waals surface area contributed by atoms with E-state index in [1.165, 1.54) is 0 Å². The Morgan fingerprint density at radius 3 is 2.48 bits per heavy atom. The maximum atomic E-state index is 12.6. The van der Waals surface area contributed by atoms with Crippen molar-refractivity contribution in [1.29, 1.82) is 0 Å². The molecule has 0 aliphatic carbocycles. The lowest BCUT2D eigenvalue weighted by atomic mass is 10.0. The number of rotatable bonds is 7. The molecule has 5 nitrogen and oxygen atoms in total. The number of urea groups is 1. The second kappa shape index (κ2) is 10.1. The highest BCUT2D eigenvalue weighted by Gasteiger charge is 2.23. The molecule has 25 heavy (non-hydrogen) atoms. The van der Waals surface area contributed by atoms with Crippen LogP contribution in [-0.2, 0) is 11.2 Å². The number of hydrogen-bond donors (Lipinski definition) is 2. The van der Waals surface area contributed by atoms with E-state index < -0.39 is 0 Å². The molecular weight excluding hydrogens is 334 g/mol. The Labute approximate surface area is 155 Å². The van der Waals surface area contributed by atoms with Crippen molar-refractivity contribution in [2.75, 3.05) is 32.7 Å². The topological polar surface area (TPSA) is 52.6 Å². The van der Waals surface area contributed by atoms with Crippen LogP contribution >= 0.6 is 12.6 Å². The van der Waals surface area contributed by atoms with Gasteiger partial charge in [-0.25, -0.2) is 4.79 Å². The number of nitrogens with zero attached hydrogens (tertiary/aromatic N) is 2. The summed E-state index contributed by atoms with van der Waals surface area (Å²) >= 11 is 3.84. The Kier molecular flexibility index (Phi) is 7.83. The van der Waals surface area contributed by atoms with Crippen molar-refractivity contribution >= 4 is 23.8 Å². The summed E-state index contributed by atoms with van der Waals surface area (Å²) in [4.78, 5) is 27.7. The molecule has 1 heterocycles. The van der Waals surface area contributed by atoms with Crippen LogP contribution in [0.15, 0.2) is 30.3 Å². The van der Waals surface area contributed by atoms with Crippen LogP contribution < -0.4 is 5.32 Å². The van der Waals surface area contributed by atoms with Gasteiger partial charge in [0.2, 0.25) is 0 Å². The zero-order chi connectivity index (χ0) is 18.1. The quantitative estimate of drug-likeness (QED) is 0.577. The van der Waals surface area contributed by atoms with Gasteiger partial charge < -0.3 is 10.2 Å².